The smallest absolute Gasteiger partial charge is 0.303 e. The molecule has 1 aliphatic rings. The van der Waals surface area contributed by atoms with E-state index >= 15 is 0 Å². The second-order valence-corrected chi connectivity index (χ2v) is 5.24. The minimum atomic E-state index is -0.745. The molecule has 1 N–H and O–H groups in total. The number of carbonyl (C=O) groups is 2. The average Bonchev–Trinajstić information content (AvgIpc) is 2.46. The standard InChI is InChI=1S/C15H20N2O3/c18-14(5-4-13-3-1-2-8-16-13)17-9-6-12(7-10-17)11-15(19)20/h1-3,8,12H,4-7,9-11H2,(H,19,20). The molecular formula is C15H20N2O3. The monoisotopic (exact) mass is 276 g/mol. The molecule has 0 spiro atoms. The van der Waals surface area contributed by atoms with Gasteiger partial charge < -0.3 is 10.0 Å². The van der Waals surface area contributed by atoms with E-state index in [0.717, 1.165) is 18.5 Å². The summed E-state index contributed by atoms with van der Waals surface area (Å²) >= 11 is 0. The van der Waals surface area contributed by atoms with Crippen LogP contribution in [0.1, 0.15) is 31.4 Å². The Labute approximate surface area is 118 Å². The predicted molar refractivity (Wildman–Crippen MR) is 74.1 cm³/mol. The maximum absolute atomic E-state index is 12.1. The molecule has 5 nitrogen and oxygen atoms in total. The normalized spacial score (nSPS) is 16.1. The van der Waals surface area contributed by atoms with Crippen LogP contribution in [0, 0.1) is 5.92 Å². The first-order chi connectivity index (χ1) is 9.65. The van der Waals surface area contributed by atoms with Crippen LogP contribution in [-0.2, 0) is 16.0 Å². The van der Waals surface area contributed by atoms with Gasteiger partial charge in [-0.3, -0.25) is 14.6 Å². The number of aromatic nitrogens is 1. The van der Waals surface area contributed by atoms with Gasteiger partial charge in [-0.2, -0.15) is 0 Å². The fraction of sp³-hybridized carbons (Fsp3) is 0.533. The third kappa shape index (κ3) is 4.33. The Bertz CT molecular complexity index is 453. The van der Waals surface area contributed by atoms with E-state index in [1.165, 1.54) is 0 Å². The number of pyridine rings is 1. The Kier molecular flexibility index (Phi) is 5.09. The van der Waals surface area contributed by atoms with E-state index in [1.807, 2.05) is 23.1 Å². The van der Waals surface area contributed by atoms with Crippen molar-refractivity contribution < 1.29 is 14.7 Å². The van der Waals surface area contributed by atoms with Crippen LogP contribution in [0.25, 0.3) is 0 Å². The Morgan fingerprint density at radius 2 is 2.05 bits per heavy atom. The summed E-state index contributed by atoms with van der Waals surface area (Å²) in [7, 11) is 0. The molecule has 1 aromatic heterocycles. The molecule has 1 saturated heterocycles. The zero-order valence-corrected chi connectivity index (χ0v) is 11.5. The molecule has 0 atom stereocenters. The fourth-order valence-electron chi connectivity index (χ4n) is 2.57. The highest BCUT2D eigenvalue weighted by molar-refractivity contribution is 5.76. The minimum absolute atomic E-state index is 0.143. The highest BCUT2D eigenvalue weighted by Crippen LogP contribution is 2.21. The second-order valence-electron chi connectivity index (χ2n) is 5.24. The number of likely N-dealkylation sites (tertiary alicyclic amines) is 1. The van der Waals surface area contributed by atoms with Gasteiger partial charge in [0.05, 0.1) is 0 Å². The van der Waals surface area contributed by atoms with E-state index in [1.54, 1.807) is 6.20 Å². The summed E-state index contributed by atoms with van der Waals surface area (Å²) in [4.78, 5) is 28.8. The molecule has 0 unspecified atom stereocenters. The average molecular weight is 276 g/mol. The molecule has 1 fully saturated rings. The van der Waals surface area contributed by atoms with Crippen LogP contribution in [0.4, 0.5) is 0 Å². The van der Waals surface area contributed by atoms with Crippen LogP contribution in [-0.4, -0.2) is 40.0 Å². The summed E-state index contributed by atoms with van der Waals surface area (Å²) in [5.41, 5.74) is 0.932. The molecule has 1 aliphatic heterocycles. The first-order valence-electron chi connectivity index (χ1n) is 7.04. The number of aliphatic carboxylic acids is 1. The van der Waals surface area contributed by atoms with E-state index in [4.69, 9.17) is 5.11 Å². The van der Waals surface area contributed by atoms with Gasteiger partial charge in [-0.25, -0.2) is 0 Å². The first-order valence-corrected chi connectivity index (χ1v) is 7.04. The number of piperidine rings is 1. The minimum Gasteiger partial charge on any atom is -0.481 e. The fourth-order valence-corrected chi connectivity index (χ4v) is 2.57. The van der Waals surface area contributed by atoms with E-state index < -0.39 is 5.97 Å². The van der Waals surface area contributed by atoms with Gasteiger partial charge in [0.2, 0.25) is 5.91 Å². The van der Waals surface area contributed by atoms with Gasteiger partial charge in [0, 0.05) is 37.8 Å². The highest BCUT2D eigenvalue weighted by atomic mass is 16.4. The van der Waals surface area contributed by atoms with Gasteiger partial charge >= 0.3 is 5.97 Å². The number of rotatable bonds is 5. The molecule has 5 heteroatoms. The Balaban J connectivity index is 1.73. The summed E-state index contributed by atoms with van der Waals surface area (Å²) in [6.45, 7) is 1.36. The van der Waals surface area contributed by atoms with Gasteiger partial charge in [-0.05, 0) is 37.3 Å². The number of carboxylic acids is 1. The summed E-state index contributed by atoms with van der Waals surface area (Å²) in [5.74, 6) is -0.387. The number of carbonyl (C=O) groups excluding carboxylic acids is 1. The second kappa shape index (κ2) is 7.03. The molecule has 0 saturated carbocycles. The molecule has 20 heavy (non-hydrogen) atoms. The van der Waals surface area contributed by atoms with Crippen molar-refractivity contribution in [2.45, 2.75) is 32.1 Å². The van der Waals surface area contributed by atoms with E-state index in [0.29, 0.717) is 25.9 Å². The summed E-state index contributed by atoms with van der Waals surface area (Å²) in [5, 5.41) is 8.76. The maximum atomic E-state index is 12.1. The van der Waals surface area contributed by atoms with E-state index in [9.17, 15) is 9.59 Å². The molecule has 0 bridgehead atoms. The Morgan fingerprint density at radius 1 is 1.30 bits per heavy atom. The van der Waals surface area contributed by atoms with Gasteiger partial charge in [0.1, 0.15) is 0 Å². The summed E-state index contributed by atoms with van der Waals surface area (Å²) in [6, 6.07) is 5.70. The quantitative estimate of drug-likeness (QED) is 0.889. The van der Waals surface area contributed by atoms with Crippen LogP contribution >= 0.6 is 0 Å². The molecule has 0 radical (unpaired) electrons. The highest BCUT2D eigenvalue weighted by Gasteiger charge is 2.23. The molecule has 108 valence electrons. The molecule has 1 amide bonds. The lowest BCUT2D eigenvalue weighted by atomic mass is 9.93. The van der Waals surface area contributed by atoms with Crippen molar-refractivity contribution in [3.63, 3.8) is 0 Å². The molecule has 0 aliphatic carbocycles. The third-order valence-corrected chi connectivity index (χ3v) is 3.75. The summed E-state index contributed by atoms with van der Waals surface area (Å²) in [6.07, 6.45) is 4.67. The molecule has 0 aromatic carbocycles. The van der Waals surface area contributed by atoms with Crippen molar-refractivity contribution in [1.82, 2.24) is 9.88 Å². The van der Waals surface area contributed by atoms with E-state index in [-0.39, 0.29) is 18.2 Å². The number of carboxylic acid groups (broad SMARTS) is 1. The number of hydrogen-bond donors (Lipinski definition) is 1. The Morgan fingerprint density at radius 3 is 2.65 bits per heavy atom. The van der Waals surface area contributed by atoms with Gasteiger partial charge in [0.25, 0.3) is 0 Å². The van der Waals surface area contributed by atoms with Crippen molar-refractivity contribution in [1.29, 1.82) is 0 Å². The van der Waals surface area contributed by atoms with Crippen molar-refractivity contribution in [3.8, 4) is 0 Å². The molecular weight excluding hydrogens is 256 g/mol. The van der Waals surface area contributed by atoms with E-state index in [2.05, 4.69) is 4.98 Å². The van der Waals surface area contributed by atoms with Crippen molar-refractivity contribution in [2.75, 3.05) is 13.1 Å². The molecule has 2 heterocycles. The zero-order chi connectivity index (χ0) is 14.4. The SMILES string of the molecule is O=C(O)CC1CCN(C(=O)CCc2ccccn2)CC1. The van der Waals surface area contributed by atoms with Crippen molar-refractivity contribution in [3.05, 3.63) is 30.1 Å². The number of amides is 1. The Hall–Kier alpha value is -1.91. The predicted octanol–water partition coefficient (Wildman–Crippen LogP) is 1.73. The van der Waals surface area contributed by atoms with Gasteiger partial charge in [-0.15, -0.1) is 0 Å². The first kappa shape index (κ1) is 14.5. The van der Waals surface area contributed by atoms with Gasteiger partial charge in [0.15, 0.2) is 0 Å². The molecule has 1 aromatic rings. The lowest BCUT2D eigenvalue weighted by Gasteiger charge is -2.31. The lowest BCUT2D eigenvalue weighted by molar-refractivity contribution is -0.138. The number of aryl methyl sites for hydroxylation is 1. The molecule has 2 rings (SSSR count). The van der Waals surface area contributed by atoms with Crippen LogP contribution in [0.5, 0.6) is 0 Å². The summed E-state index contributed by atoms with van der Waals surface area (Å²) < 4.78 is 0. The maximum Gasteiger partial charge on any atom is 0.303 e. The topological polar surface area (TPSA) is 70.5 Å². The van der Waals surface area contributed by atoms with Crippen molar-refractivity contribution in [2.24, 2.45) is 5.92 Å². The number of hydrogen-bond acceptors (Lipinski definition) is 3. The van der Waals surface area contributed by atoms with Crippen molar-refractivity contribution >= 4 is 11.9 Å². The van der Waals surface area contributed by atoms with Crippen LogP contribution < -0.4 is 0 Å². The van der Waals surface area contributed by atoms with Crippen LogP contribution in [0.3, 0.4) is 0 Å². The zero-order valence-electron chi connectivity index (χ0n) is 11.5. The third-order valence-electron chi connectivity index (χ3n) is 3.75. The number of nitrogens with zero attached hydrogens (tertiary/aromatic N) is 2. The van der Waals surface area contributed by atoms with Crippen LogP contribution in [0.15, 0.2) is 24.4 Å². The van der Waals surface area contributed by atoms with Gasteiger partial charge in [-0.1, -0.05) is 6.07 Å². The van der Waals surface area contributed by atoms with Crippen LogP contribution in [0.2, 0.25) is 0 Å². The lowest BCUT2D eigenvalue weighted by Crippen LogP contribution is -2.39. The largest absolute Gasteiger partial charge is 0.481 e.